The molecule has 0 unspecified atom stereocenters. The van der Waals surface area contributed by atoms with Crippen LogP contribution in [0.4, 0.5) is 0 Å². The molecule has 0 fully saturated rings. The molecule has 1 aromatic rings. The highest BCUT2D eigenvalue weighted by molar-refractivity contribution is 5.85. The van der Waals surface area contributed by atoms with Crippen LogP contribution in [0.5, 0.6) is 0 Å². The Morgan fingerprint density at radius 2 is 1.65 bits per heavy atom. The maximum absolute atomic E-state index is 6.14. The van der Waals surface area contributed by atoms with Gasteiger partial charge in [0.1, 0.15) is 0 Å². The van der Waals surface area contributed by atoms with Crippen LogP contribution in [-0.2, 0) is 5.41 Å². The number of nitrogens with two attached hydrogens (primary N) is 1. The summed E-state index contributed by atoms with van der Waals surface area (Å²) in [6.07, 6.45) is 3.52. The quantitative estimate of drug-likeness (QED) is 0.836. The number of hydrogen-bond acceptors (Lipinski definition) is 1. The molecule has 1 atom stereocenters. The molecule has 0 saturated carbocycles. The van der Waals surface area contributed by atoms with E-state index in [1.165, 1.54) is 24.0 Å². The van der Waals surface area contributed by atoms with Crippen LogP contribution in [-0.4, -0.2) is 0 Å². The zero-order valence-corrected chi connectivity index (χ0v) is 12.3. The van der Waals surface area contributed by atoms with Gasteiger partial charge >= 0.3 is 0 Å². The van der Waals surface area contributed by atoms with Crippen LogP contribution in [0.2, 0.25) is 0 Å². The third-order valence-corrected chi connectivity index (χ3v) is 3.07. The molecule has 0 aliphatic heterocycles. The predicted octanol–water partition coefficient (Wildman–Crippen LogP) is 4.60. The average Bonchev–Trinajstić information content (AvgIpc) is 2.25. The highest BCUT2D eigenvalue weighted by Crippen LogP contribution is 2.24. The second kappa shape index (κ2) is 7.03. The SMILES string of the molecule is CCCC[C@@H](N)c1ccc(C(C)(C)C)cc1.Cl. The molecule has 2 N–H and O–H groups in total. The van der Waals surface area contributed by atoms with Crippen molar-refractivity contribution in [3.05, 3.63) is 35.4 Å². The number of benzene rings is 1. The van der Waals surface area contributed by atoms with Gasteiger partial charge in [-0.3, -0.25) is 0 Å². The highest BCUT2D eigenvalue weighted by Gasteiger charge is 2.13. The van der Waals surface area contributed by atoms with Crippen molar-refractivity contribution in [2.45, 2.75) is 58.4 Å². The lowest BCUT2D eigenvalue weighted by molar-refractivity contribution is 0.585. The third kappa shape index (κ3) is 5.10. The van der Waals surface area contributed by atoms with Gasteiger partial charge in [0.2, 0.25) is 0 Å². The van der Waals surface area contributed by atoms with Gasteiger partial charge in [-0.2, -0.15) is 0 Å². The lowest BCUT2D eigenvalue weighted by Crippen LogP contribution is -2.13. The first-order valence-electron chi connectivity index (χ1n) is 6.31. The first-order valence-corrected chi connectivity index (χ1v) is 6.31. The first-order chi connectivity index (χ1) is 7.45. The minimum Gasteiger partial charge on any atom is -0.324 e. The molecule has 0 saturated heterocycles. The zero-order valence-electron chi connectivity index (χ0n) is 11.5. The molecule has 0 heterocycles. The normalized spacial score (nSPS) is 13.0. The Bertz CT molecular complexity index is 311. The maximum Gasteiger partial charge on any atom is 0.0294 e. The van der Waals surface area contributed by atoms with Crippen LogP contribution in [0.25, 0.3) is 0 Å². The van der Waals surface area contributed by atoms with Gasteiger partial charge in [-0.1, -0.05) is 64.8 Å². The van der Waals surface area contributed by atoms with E-state index in [1.807, 2.05) is 0 Å². The number of unbranched alkanes of at least 4 members (excludes halogenated alkanes) is 1. The van der Waals surface area contributed by atoms with Gasteiger partial charge < -0.3 is 5.73 Å². The topological polar surface area (TPSA) is 26.0 Å². The van der Waals surface area contributed by atoms with Gasteiger partial charge in [0, 0.05) is 6.04 Å². The summed E-state index contributed by atoms with van der Waals surface area (Å²) in [5.41, 5.74) is 9.01. The van der Waals surface area contributed by atoms with Crippen LogP contribution >= 0.6 is 12.4 Å². The van der Waals surface area contributed by atoms with E-state index in [0.717, 1.165) is 6.42 Å². The van der Waals surface area contributed by atoms with E-state index in [1.54, 1.807) is 0 Å². The Morgan fingerprint density at radius 1 is 1.12 bits per heavy atom. The Kier molecular flexibility index (Phi) is 6.81. The van der Waals surface area contributed by atoms with E-state index in [-0.39, 0.29) is 23.9 Å². The minimum atomic E-state index is 0. The predicted molar refractivity (Wildman–Crippen MR) is 78.8 cm³/mol. The van der Waals surface area contributed by atoms with E-state index in [2.05, 4.69) is 52.0 Å². The van der Waals surface area contributed by atoms with E-state index in [0.29, 0.717) is 0 Å². The number of halogens is 1. The standard InChI is InChI=1S/C15H25N.ClH/c1-5-6-7-14(16)12-8-10-13(11-9-12)15(2,3)4;/h8-11,14H,5-7,16H2,1-4H3;1H/t14-;/m1./s1. The summed E-state index contributed by atoms with van der Waals surface area (Å²) in [5, 5.41) is 0. The minimum absolute atomic E-state index is 0. The van der Waals surface area contributed by atoms with Crippen molar-refractivity contribution < 1.29 is 0 Å². The largest absolute Gasteiger partial charge is 0.324 e. The molecule has 1 nitrogen and oxygen atoms in total. The smallest absolute Gasteiger partial charge is 0.0294 e. The molecular formula is C15H26ClN. The fraction of sp³-hybridized carbons (Fsp3) is 0.600. The van der Waals surface area contributed by atoms with Gasteiger partial charge in [-0.15, -0.1) is 12.4 Å². The molecule has 0 aliphatic rings. The Labute approximate surface area is 112 Å². The summed E-state index contributed by atoms with van der Waals surface area (Å²) in [6.45, 7) is 8.91. The van der Waals surface area contributed by atoms with Crippen LogP contribution in [0.15, 0.2) is 24.3 Å². The van der Waals surface area contributed by atoms with E-state index in [9.17, 15) is 0 Å². The van der Waals surface area contributed by atoms with E-state index < -0.39 is 0 Å². The third-order valence-electron chi connectivity index (χ3n) is 3.07. The highest BCUT2D eigenvalue weighted by atomic mass is 35.5. The van der Waals surface area contributed by atoms with Gasteiger partial charge in [-0.25, -0.2) is 0 Å². The Balaban J connectivity index is 0.00000256. The van der Waals surface area contributed by atoms with Crippen molar-refractivity contribution >= 4 is 12.4 Å². The van der Waals surface area contributed by atoms with Crippen LogP contribution in [0.3, 0.4) is 0 Å². The second-order valence-electron chi connectivity index (χ2n) is 5.62. The summed E-state index contributed by atoms with van der Waals surface area (Å²) in [7, 11) is 0. The summed E-state index contributed by atoms with van der Waals surface area (Å²) in [5.74, 6) is 0. The van der Waals surface area contributed by atoms with Crippen LogP contribution in [0.1, 0.15) is 64.1 Å². The summed E-state index contributed by atoms with van der Waals surface area (Å²) in [4.78, 5) is 0. The zero-order chi connectivity index (χ0) is 12.2. The fourth-order valence-corrected chi connectivity index (χ4v) is 1.82. The monoisotopic (exact) mass is 255 g/mol. The van der Waals surface area contributed by atoms with Crippen LogP contribution in [0, 0.1) is 0 Å². The molecule has 0 spiro atoms. The molecule has 0 radical (unpaired) electrons. The number of hydrogen-bond donors (Lipinski definition) is 1. The van der Waals surface area contributed by atoms with Crippen molar-refractivity contribution in [2.75, 3.05) is 0 Å². The summed E-state index contributed by atoms with van der Waals surface area (Å²) in [6, 6.07) is 8.98. The second-order valence-corrected chi connectivity index (χ2v) is 5.62. The molecule has 0 aromatic heterocycles. The van der Waals surface area contributed by atoms with Gasteiger partial charge in [0.15, 0.2) is 0 Å². The van der Waals surface area contributed by atoms with Crippen molar-refractivity contribution in [2.24, 2.45) is 5.73 Å². The lowest BCUT2D eigenvalue weighted by atomic mass is 9.86. The molecule has 0 aliphatic carbocycles. The van der Waals surface area contributed by atoms with Crippen molar-refractivity contribution in [1.82, 2.24) is 0 Å². The molecule has 1 rings (SSSR count). The van der Waals surface area contributed by atoms with Crippen molar-refractivity contribution in [3.63, 3.8) is 0 Å². The van der Waals surface area contributed by atoms with Crippen LogP contribution < -0.4 is 5.73 Å². The fourth-order valence-electron chi connectivity index (χ4n) is 1.82. The molecule has 2 heteroatoms. The van der Waals surface area contributed by atoms with Crippen molar-refractivity contribution in [3.8, 4) is 0 Å². The number of rotatable bonds is 4. The van der Waals surface area contributed by atoms with E-state index in [4.69, 9.17) is 5.73 Å². The first kappa shape index (κ1) is 16.5. The van der Waals surface area contributed by atoms with Crippen molar-refractivity contribution in [1.29, 1.82) is 0 Å². The molecule has 1 aromatic carbocycles. The Morgan fingerprint density at radius 3 is 2.06 bits per heavy atom. The molecule has 98 valence electrons. The molecule has 0 amide bonds. The summed E-state index contributed by atoms with van der Waals surface area (Å²) >= 11 is 0. The van der Waals surface area contributed by atoms with Gasteiger partial charge in [-0.05, 0) is 23.0 Å². The lowest BCUT2D eigenvalue weighted by Gasteiger charge is -2.20. The maximum atomic E-state index is 6.14. The van der Waals surface area contributed by atoms with E-state index >= 15 is 0 Å². The summed E-state index contributed by atoms with van der Waals surface area (Å²) < 4.78 is 0. The molecular weight excluding hydrogens is 230 g/mol. The Hall–Kier alpha value is -0.530. The molecule has 0 bridgehead atoms. The average molecular weight is 256 g/mol. The van der Waals surface area contributed by atoms with Gasteiger partial charge in [0.25, 0.3) is 0 Å². The molecule has 17 heavy (non-hydrogen) atoms. The van der Waals surface area contributed by atoms with Gasteiger partial charge in [0.05, 0.1) is 0 Å².